The van der Waals surface area contributed by atoms with Gasteiger partial charge in [-0.3, -0.25) is 0 Å². The Labute approximate surface area is 324 Å². The van der Waals surface area contributed by atoms with Crippen LogP contribution in [0.15, 0.2) is 182 Å². The van der Waals surface area contributed by atoms with Crippen molar-refractivity contribution in [1.29, 1.82) is 0 Å². The summed E-state index contributed by atoms with van der Waals surface area (Å²) in [7, 11) is 0. The number of hydrogen-bond acceptors (Lipinski definition) is 2. The Morgan fingerprint density at radius 2 is 1.04 bits per heavy atom. The number of benzene rings is 8. The molecule has 0 amide bonds. The van der Waals surface area contributed by atoms with Crippen LogP contribution in [0.3, 0.4) is 0 Å². The van der Waals surface area contributed by atoms with E-state index in [2.05, 4.69) is 192 Å². The number of rotatable bonds is 5. The number of fused-ring (bicyclic) bond motifs is 5. The molecule has 0 unspecified atom stereocenters. The predicted molar refractivity (Wildman–Crippen MR) is 235 cm³/mol. The van der Waals surface area contributed by atoms with E-state index in [-0.39, 0.29) is 6.71 Å². The van der Waals surface area contributed by atoms with Crippen molar-refractivity contribution < 1.29 is 0 Å². The Morgan fingerprint density at radius 1 is 0.418 bits per heavy atom. The summed E-state index contributed by atoms with van der Waals surface area (Å²) < 4.78 is 0. The van der Waals surface area contributed by atoms with Gasteiger partial charge >= 0.3 is 0 Å². The first-order chi connectivity index (χ1) is 27.3. The molecule has 0 radical (unpaired) electrons. The fraction of sp³-hybridized carbons (Fsp3) is 0.115. The summed E-state index contributed by atoms with van der Waals surface area (Å²) >= 11 is 0. The highest BCUT2D eigenvalue weighted by molar-refractivity contribution is 7.00. The highest BCUT2D eigenvalue weighted by Crippen LogP contribution is 2.47. The lowest BCUT2D eigenvalue weighted by molar-refractivity contribution is 0.444. The van der Waals surface area contributed by atoms with Crippen molar-refractivity contribution in [2.75, 3.05) is 9.80 Å². The van der Waals surface area contributed by atoms with Crippen molar-refractivity contribution in [3.05, 3.63) is 188 Å². The molecule has 0 atom stereocenters. The molecule has 2 aliphatic heterocycles. The van der Waals surface area contributed by atoms with Crippen molar-refractivity contribution in [2.45, 2.75) is 38.0 Å². The first-order valence-corrected chi connectivity index (χ1v) is 20.0. The molecule has 3 aliphatic rings. The SMILES string of the molecule is c1ccc(-c2ccc3c(c2)B2c4ccccc4N(c4ccc(-c5cccc6ccccc56)cc4)c4cc(C5CCCCC5)cc(c42)N3c2ccccc2)cc1. The normalized spacial score (nSPS) is 14.7. The number of anilines is 6. The van der Waals surface area contributed by atoms with E-state index in [1.807, 2.05) is 0 Å². The number of hydrogen-bond donors (Lipinski definition) is 0. The van der Waals surface area contributed by atoms with Gasteiger partial charge in [-0.2, -0.15) is 0 Å². The van der Waals surface area contributed by atoms with E-state index in [4.69, 9.17) is 0 Å². The molecule has 3 heteroatoms. The predicted octanol–water partition coefficient (Wildman–Crippen LogP) is 12.3. The molecule has 11 rings (SSSR count). The minimum Gasteiger partial charge on any atom is -0.311 e. The van der Waals surface area contributed by atoms with Gasteiger partial charge in [0.25, 0.3) is 6.71 Å². The third-order valence-corrected chi connectivity index (χ3v) is 12.4. The molecule has 8 aromatic rings. The fourth-order valence-corrected chi connectivity index (χ4v) is 9.85. The van der Waals surface area contributed by atoms with Crippen molar-refractivity contribution in [3.63, 3.8) is 0 Å². The minimum absolute atomic E-state index is 0.0893. The molecular weight excluding hydrogens is 663 g/mol. The summed E-state index contributed by atoms with van der Waals surface area (Å²) in [5, 5.41) is 2.55. The summed E-state index contributed by atoms with van der Waals surface area (Å²) in [5.74, 6) is 0.556. The van der Waals surface area contributed by atoms with E-state index in [1.165, 1.54) is 121 Å². The largest absolute Gasteiger partial charge is 0.311 e. The molecule has 2 nitrogen and oxygen atoms in total. The smallest absolute Gasteiger partial charge is 0.252 e. The van der Waals surface area contributed by atoms with Gasteiger partial charge < -0.3 is 9.80 Å². The van der Waals surface area contributed by atoms with Crippen LogP contribution in [-0.2, 0) is 0 Å². The zero-order chi connectivity index (χ0) is 36.3. The third kappa shape index (κ3) is 5.33. The maximum absolute atomic E-state index is 2.57. The number of nitrogens with zero attached hydrogens (tertiary/aromatic N) is 2. The molecule has 0 spiro atoms. The van der Waals surface area contributed by atoms with Gasteiger partial charge in [0, 0.05) is 34.1 Å². The van der Waals surface area contributed by atoms with Crippen LogP contribution in [0, 0.1) is 0 Å². The Balaban J connectivity index is 1.16. The van der Waals surface area contributed by atoms with Gasteiger partial charge in [0.05, 0.1) is 0 Å². The van der Waals surface area contributed by atoms with Crippen molar-refractivity contribution in [1.82, 2.24) is 0 Å². The van der Waals surface area contributed by atoms with Gasteiger partial charge in [0.2, 0.25) is 0 Å². The van der Waals surface area contributed by atoms with Crippen LogP contribution in [0.1, 0.15) is 43.6 Å². The highest BCUT2D eigenvalue weighted by atomic mass is 15.2. The molecule has 8 aromatic carbocycles. The Hall–Kier alpha value is -6.32. The van der Waals surface area contributed by atoms with Gasteiger partial charge in [0.15, 0.2) is 0 Å². The van der Waals surface area contributed by atoms with Gasteiger partial charge in [-0.1, -0.05) is 153 Å². The Bertz CT molecular complexity index is 2690. The summed E-state index contributed by atoms with van der Waals surface area (Å²) in [6, 6.07) is 68.0. The van der Waals surface area contributed by atoms with Crippen molar-refractivity contribution in [3.8, 4) is 22.3 Å². The maximum atomic E-state index is 2.57. The van der Waals surface area contributed by atoms with E-state index < -0.39 is 0 Å². The average Bonchev–Trinajstić information content (AvgIpc) is 3.27. The van der Waals surface area contributed by atoms with Gasteiger partial charge in [-0.05, 0) is 122 Å². The second-order valence-electron chi connectivity index (χ2n) is 15.5. The van der Waals surface area contributed by atoms with E-state index in [9.17, 15) is 0 Å². The fourth-order valence-electron chi connectivity index (χ4n) is 9.85. The van der Waals surface area contributed by atoms with Gasteiger partial charge in [-0.15, -0.1) is 0 Å². The second-order valence-corrected chi connectivity index (χ2v) is 15.5. The molecule has 1 fully saturated rings. The van der Waals surface area contributed by atoms with Crippen LogP contribution < -0.4 is 26.2 Å². The molecule has 1 aliphatic carbocycles. The molecular formula is C52H41BN2. The summed E-state index contributed by atoms with van der Waals surface area (Å²) in [6.07, 6.45) is 6.44. The average molecular weight is 705 g/mol. The lowest BCUT2D eigenvalue weighted by Crippen LogP contribution is -2.61. The lowest BCUT2D eigenvalue weighted by Gasteiger charge is -2.45. The molecule has 2 heterocycles. The molecule has 1 saturated carbocycles. The Morgan fingerprint density at radius 3 is 1.82 bits per heavy atom. The van der Waals surface area contributed by atoms with Crippen molar-refractivity contribution >= 4 is 68.0 Å². The van der Waals surface area contributed by atoms with Crippen molar-refractivity contribution in [2.24, 2.45) is 0 Å². The summed E-state index contributed by atoms with van der Waals surface area (Å²) in [5.41, 5.74) is 18.1. The van der Waals surface area contributed by atoms with Crippen LogP contribution in [0.25, 0.3) is 33.0 Å². The summed E-state index contributed by atoms with van der Waals surface area (Å²) in [6.45, 7) is 0.0893. The molecule has 0 saturated heterocycles. The van der Waals surface area contributed by atoms with E-state index in [0.717, 1.165) is 0 Å². The highest BCUT2D eigenvalue weighted by Gasteiger charge is 2.44. The second kappa shape index (κ2) is 13.2. The third-order valence-electron chi connectivity index (χ3n) is 12.4. The quantitative estimate of drug-likeness (QED) is 0.165. The zero-order valence-electron chi connectivity index (χ0n) is 30.9. The van der Waals surface area contributed by atoms with E-state index in [0.29, 0.717) is 5.92 Å². The topological polar surface area (TPSA) is 6.48 Å². The van der Waals surface area contributed by atoms with Crippen LogP contribution in [0.2, 0.25) is 0 Å². The molecule has 0 N–H and O–H groups in total. The van der Waals surface area contributed by atoms with Crippen LogP contribution in [0.4, 0.5) is 34.1 Å². The maximum Gasteiger partial charge on any atom is 0.252 e. The van der Waals surface area contributed by atoms with Gasteiger partial charge in [0.1, 0.15) is 0 Å². The van der Waals surface area contributed by atoms with E-state index in [1.54, 1.807) is 0 Å². The molecule has 0 aromatic heterocycles. The van der Waals surface area contributed by atoms with Crippen LogP contribution >= 0.6 is 0 Å². The van der Waals surface area contributed by atoms with Crippen LogP contribution in [-0.4, -0.2) is 6.71 Å². The minimum atomic E-state index is 0.0893. The molecule has 0 bridgehead atoms. The number of para-hydroxylation sites is 2. The first kappa shape index (κ1) is 32.1. The van der Waals surface area contributed by atoms with Crippen LogP contribution in [0.5, 0.6) is 0 Å². The lowest BCUT2D eigenvalue weighted by atomic mass is 9.33. The van der Waals surface area contributed by atoms with E-state index >= 15 is 0 Å². The first-order valence-electron chi connectivity index (χ1n) is 20.0. The Kier molecular flexibility index (Phi) is 7.72. The summed E-state index contributed by atoms with van der Waals surface area (Å²) in [4.78, 5) is 5.13. The molecule has 262 valence electrons. The van der Waals surface area contributed by atoms with Gasteiger partial charge in [-0.25, -0.2) is 0 Å². The zero-order valence-corrected chi connectivity index (χ0v) is 30.9. The standard InChI is InChI=1S/C52H41BN2/c1-4-15-36(16-5-1)40-29-32-49-47(33-40)53-46-25-12-13-26-48(46)55(43-30-27-39(28-31-43)45-24-14-20-38-19-10-11-23-44(38)45)51-35-41(37-17-6-2-7-18-37)34-50(52(51)53)54(49)42-21-8-3-9-22-42/h1,3-5,8-16,19-35,37H,2,6-7,17-18H2. The molecule has 55 heavy (non-hydrogen) atoms. The monoisotopic (exact) mass is 704 g/mol.